The Kier molecular flexibility index (Phi) is 2.48. The lowest BCUT2D eigenvalue weighted by Crippen LogP contribution is -1.87. The minimum atomic E-state index is 0.757. The van der Waals surface area contributed by atoms with Crippen molar-refractivity contribution in [3.63, 3.8) is 0 Å². The molecule has 4 heteroatoms. The van der Waals surface area contributed by atoms with Gasteiger partial charge in [-0.1, -0.05) is 0 Å². The Hall–Kier alpha value is -2.36. The van der Waals surface area contributed by atoms with Crippen molar-refractivity contribution in [1.82, 2.24) is 4.98 Å². The molecule has 0 amide bonds. The summed E-state index contributed by atoms with van der Waals surface area (Å²) in [6.07, 6.45) is 1.65. The average molecular weight is 243 g/mol. The maximum Gasteiger partial charge on any atom is 0.150 e. The first-order chi connectivity index (χ1) is 8.81. The Morgan fingerprint density at radius 1 is 1.11 bits per heavy atom. The van der Waals surface area contributed by atoms with Crippen LogP contribution in [-0.2, 0) is 0 Å². The molecule has 0 aliphatic carbocycles. The van der Waals surface area contributed by atoms with Gasteiger partial charge < -0.3 is 18.9 Å². The molecule has 92 valence electrons. The molecule has 0 aliphatic rings. The monoisotopic (exact) mass is 243 g/mol. The van der Waals surface area contributed by atoms with Gasteiger partial charge in [-0.3, -0.25) is 0 Å². The van der Waals surface area contributed by atoms with Crippen LogP contribution in [0.3, 0.4) is 0 Å². The molecule has 0 spiro atoms. The first kappa shape index (κ1) is 10.8. The molecule has 0 unspecified atom stereocenters. The summed E-state index contributed by atoms with van der Waals surface area (Å²) in [6.45, 7) is 0. The first-order valence-corrected chi connectivity index (χ1v) is 5.60. The Morgan fingerprint density at radius 3 is 2.67 bits per heavy atom. The standard InChI is InChI=1S/C14H13NO3/c1-16-9-6-11-10(14(7-9)17-2)8-12(15-11)13-4-3-5-18-13/h3-8,15H,1-2H3. The molecule has 0 aliphatic heterocycles. The molecule has 0 saturated heterocycles. The molecule has 4 nitrogen and oxygen atoms in total. The molecule has 3 aromatic rings. The van der Waals surface area contributed by atoms with Crippen molar-refractivity contribution in [2.75, 3.05) is 14.2 Å². The molecule has 1 N–H and O–H groups in total. The largest absolute Gasteiger partial charge is 0.497 e. The minimum Gasteiger partial charge on any atom is -0.497 e. The molecule has 3 rings (SSSR count). The summed E-state index contributed by atoms with van der Waals surface area (Å²) in [5.74, 6) is 2.33. The number of furan rings is 1. The maximum absolute atomic E-state index is 5.38. The van der Waals surface area contributed by atoms with Gasteiger partial charge in [-0.05, 0) is 18.2 Å². The predicted octanol–water partition coefficient (Wildman–Crippen LogP) is 3.45. The van der Waals surface area contributed by atoms with E-state index in [-0.39, 0.29) is 0 Å². The number of benzene rings is 1. The number of aromatic nitrogens is 1. The van der Waals surface area contributed by atoms with E-state index >= 15 is 0 Å². The quantitative estimate of drug-likeness (QED) is 0.766. The summed E-state index contributed by atoms with van der Waals surface area (Å²) < 4.78 is 16.0. The molecule has 2 heterocycles. The van der Waals surface area contributed by atoms with E-state index in [0.29, 0.717) is 0 Å². The van der Waals surface area contributed by atoms with Gasteiger partial charge in [-0.25, -0.2) is 0 Å². The van der Waals surface area contributed by atoms with E-state index in [9.17, 15) is 0 Å². The normalized spacial score (nSPS) is 10.8. The Morgan fingerprint density at radius 2 is 2.00 bits per heavy atom. The number of fused-ring (bicyclic) bond motifs is 1. The summed E-state index contributed by atoms with van der Waals surface area (Å²) in [7, 11) is 3.28. The molecule has 18 heavy (non-hydrogen) atoms. The maximum atomic E-state index is 5.38. The number of methoxy groups -OCH3 is 2. The fourth-order valence-corrected chi connectivity index (χ4v) is 2.03. The van der Waals surface area contributed by atoms with Crippen LogP contribution in [0.2, 0.25) is 0 Å². The summed E-state index contributed by atoms with van der Waals surface area (Å²) in [5, 5.41) is 1.00. The number of hydrogen-bond acceptors (Lipinski definition) is 3. The van der Waals surface area contributed by atoms with E-state index in [0.717, 1.165) is 33.9 Å². The number of H-pyrrole nitrogens is 1. The van der Waals surface area contributed by atoms with Crippen molar-refractivity contribution in [3.8, 4) is 23.0 Å². The van der Waals surface area contributed by atoms with Gasteiger partial charge in [0, 0.05) is 17.5 Å². The third-order valence-electron chi connectivity index (χ3n) is 2.92. The summed E-state index contributed by atoms with van der Waals surface area (Å²) in [4.78, 5) is 3.29. The lowest BCUT2D eigenvalue weighted by molar-refractivity contribution is 0.398. The number of hydrogen-bond donors (Lipinski definition) is 1. The van der Waals surface area contributed by atoms with E-state index in [1.54, 1.807) is 20.5 Å². The zero-order chi connectivity index (χ0) is 12.5. The fraction of sp³-hybridized carbons (Fsp3) is 0.143. The van der Waals surface area contributed by atoms with Crippen molar-refractivity contribution in [3.05, 3.63) is 36.6 Å². The molecule has 0 saturated carbocycles. The third kappa shape index (κ3) is 1.62. The highest BCUT2D eigenvalue weighted by Gasteiger charge is 2.11. The smallest absolute Gasteiger partial charge is 0.150 e. The van der Waals surface area contributed by atoms with Gasteiger partial charge in [0.15, 0.2) is 0 Å². The number of nitrogens with one attached hydrogen (secondary N) is 1. The second-order valence-electron chi connectivity index (χ2n) is 3.95. The van der Waals surface area contributed by atoms with E-state index in [1.165, 1.54) is 0 Å². The van der Waals surface area contributed by atoms with Crippen molar-refractivity contribution in [2.45, 2.75) is 0 Å². The Balaban J connectivity index is 2.22. The van der Waals surface area contributed by atoms with Crippen LogP contribution in [0.4, 0.5) is 0 Å². The lowest BCUT2D eigenvalue weighted by atomic mass is 10.2. The van der Waals surface area contributed by atoms with Gasteiger partial charge in [0.2, 0.25) is 0 Å². The number of aromatic amines is 1. The van der Waals surface area contributed by atoms with Crippen LogP contribution in [-0.4, -0.2) is 19.2 Å². The van der Waals surface area contributed by atoms with Crippen LogP contribution in [0, 0.1) is 0 Å². The Bertz CT molecular complexity index is 668. The van der Waals surface area contributed by atoms with E-state index in [4.69, 9.17) is 13.9 Å². The molecule has 1 aromatic carbocycles. The highest BCUT2D eigenvalue weighted by Crippen LogP contribution is 2.34. The van der Waals surface area contributed by atoms with Gasteiger partial charge in [0.1, 0.15) is 17.3 Å². The van der Waals surface area contributed by atoms with Crippen molar-refractivity contribution in [2.24, 2.45) is 0 Å². The van der Waals surface area contributed by atoms with Crippen LogP contribution < -0.4 is 9.47 Å². The van der Waals surface area contributed by atoms with Gasteiger partial charge >= 0.3 is 0 Å². The summed E-state index contributed by atoms with van der Waals surface area (Å²) in [6, 6.07) is 9.58. The molecule has 2 aromatic heterocycles. The molecule has 0 radical (unpaired) electrons. The zero-order valence-corrected chi connectivity index (χ0v) is 10.2. The summed E-state index contributed by atoms with van der Waals surface area (Å²) >= 11 is 0. The molecular formula is C14H13NO3. The van der Waals surface area contributed by atoms with Crippen LogP contribution in [0.1, 0.15) is 0 Å². The summed E-state index contributed by atoms with van der Waals surface area (Å²) in [5.41, 5.74) is 1.87. The van der Waals surface area contributed by atoms with E-state index in [1.807, 2.05) is 30.3 Å². The first-order valence-electron chi connectivity index (χ1n) is 5.60. The predicted molar refractivity (Wildman–Crippen MR) is 69.1 cm³/mol. The van der Waals surface area contributed by atoms with Gasteiger partial charge in [0.05, 0.1) is 31.7 Å². The molecule has 0 fully saturated rings. The molecule has 0 atom stereocenters. The highest BCUT2D eigenvalue weighted by atomic mass is 16.5. The van der Waals surface area contributed by atoms with Crippen molar-refractivity contribution in [1.29, 1.82) is 0 Å². The van der Waals surface area contributed by atoms with Gasteiger partial charge in [-0.15, -0.1) is 0 Å². The molecular weight excluding hydrogens is 230 g/mol. The third-order valence-corrected chi connectivity index (χ3v) is 2.92. The number of rotatable bonds is 3. The van der Waals surface area contributed by atoms with Crippen molar-refractivity contribution >= 4 is 10.9 Å². The van der Waals surface area contributed by atoms with E-state index in [2.05, 4.69) is 4.98 Å². The number of ether oxygens (including phenoxy) is 2. The fourth-order valence-electron chi connectivity index (χ4n) is 2.03. The van der Waals surface area contributed by atoms with Crippen molar-refractivity contribution < 1.29 is 13.9 Å². The van der Waals surface area contributed by atoms with Gasteiger partial charge in [0.25, 0.3) is 0 Å². The Labute approximate surface area is 104 Å². The molecule has 0 bridgehead atoms. The average Bonchev–Trinajstić information content (AvgIpc) is 3.05. The van der Waals surface area contributed by atoms with Crippen LogP contribution >= 0.6 is 0 Å². The van der Waals surface area contributed by atoms with E-state index < -0.39 is 0 Å². The zero-order valence-electron chi connectivity index (χ0n) is 10.2. The van der Waals surface area contributed by atoms with Gasteiger partial charge in [-0.2, -0.15) is 0 Å². The van der Waals surface area contributed by atoms with Crippen LogP contribution in [0.15, 0.2) is 41.0 Å². The SMILES string of the molecule is COc1cc(OC)c2cc(-c3ccco3)[nH]c2c1. The lowest BCUT2D eigenvalue weighted by Gasteiger charge is -2.04. The second-order valence-corrected chi connectivity index (χ2v) is 3.95. The van der Waals surface area contributed by atoms with Crippen LogP contribution in [0.25, 0.3) is 22.4 Å². The van der Waals surface area contributed by atoms with Crippen LogP contribution in [0.5, 0.6) is 11.5 Å². The minimum absolute atomic E-state index is 0.757. The highest BCUT2D eigenvalue weighted by molar-refractivity contribution is 5.91. The second kappa shape index (κ2) is 4.14. The topological polar surface area (TPSA) is 47.4 Å².